The normalized spacial score (nSPS) is 12.4. The Morgan fingerprint density at radius 3 is 1.03 bits per heavy atom. The second-order valence-corrected chi connectivity index (χ2v) is 16.4. The lowest BCUT2D eigenvalue weighted by Crippen LogP contribution is -2.30. The SMILES string of the molecule is CCCCC/C=C\C/C=C\C/C=C\C/C=C\CCCC(=O)OC[C@@H](COC(=O)CCCCCCCCCCCCC)OC(=O)CCCCCCCCCCCCCC. The molecule has 58 heavy (non-hydrogen) atoms. The maximum absolute atomic E-state index is 12.7. The van der Waals surface area contributed by atoms with Crippen molar-refractivity contribution in [2.75, 3.05) is 13.2 Å². The molecule has 0 heterocycles. The molecule has 0 spiro atoms. The minimum atomic E-state index is -0.788. The van der Waals surface area contributed by atoms with Crippen LogP contribution < -0.4 is 0 Å². The van der Waals surface area contributed by atoms with Crippen molar-refractivity contribution in [3.05, 3.63) is 48.6 Å². The van der Waals surface area contributed by atoms with Crippen molar-refractivity contribution in [2.45, 2.75) is 252 Å². The molecule has 0 aromatic carbocycles. The van der Waals surface area contributed by atoms with Gasteiger partial charge in [-0.15, -0.1) is 0 Å². The van der Waals surface area contributed by atoms with Crippen LogP contribution in [0, 0.1) is 0 Å². The third-order valence-electron chi connectivity index (χ3n) is 10.6. The minimum Gasteiger partial charge on any atom is -0.462 e. The molecule has 0 aliphatic heterocycles. The van der Waals surface area contributed by atoms with Crippen LogP contribution >= 0.6 is 0 Å². The molecule has 0 N–H and O–H groups in total. The highest BCUT2D eigenvalue weighted by atomic mass is 16.6. The summed E-state index contributed by atoms with van der Waals surface area (Å²) in [4.78, 5) is 37.8. The Kier molecular flexibility index (Phi) is 44.9. The van der Waals surface area contributed by atoms with E-state index in [0.29, 0.717) is 19.3 Å². The monoisotopic (exact) mass is 813 g/mol. The Bertz CT molecular complexity index is 1030. The van der Waals surface area contributed by atoms with Gasteiger partial charge in [-0.2, -0.15) is 0 Å². The van der Waals surface area contributed by atoms with Crippen LogP contribution in [0.25, 0.3) is 0 Å². The van der Waals surface area contributed by atoms with Gasteiger partial charge in [0.25, 0.3) is 0 Å². The number of hydrogen-bond donors (Lipinski definition) is 0. The molecule has 0 aliphatic rings. The molecule has 0 unspecified atom stereocenters. The first kappa shape index (κ1) is 55.4. The second-order valence-electron chi connectivity index (χ2n) is 16.4. The van der Waals surface area contributed by atoms with Gasteiger partial charge in [0.1, 0.15) is 13.2 Å². The molecule has 0 aliphatic carbocycles. The molecule has 0 fully saturated rings. The molecule has 0 rings (SSSR count). The van der Waals surface area contributed by atoms with Crippen LogP contribution in [0.2, 0.25) is 0 Å². The third kappa shape index (κ3) is 44.5. The summed E-state index contributed by atoms with van der Waals surface area (Å²) in [6, 6.07) is 0. The van der Waals surface area contributed by atoms with Crippen molar-refractivity contribution in [1.29, 1.82) is 0 Å². The standard InChI is InChI=1S/C52H92O6/c1-4-7-10-13-16-19-22-24-25-26-27-28-31-33-36-39-42-45-51(54)57-48-49(47-56-50(53)44-41-38-35-32-29-21-18-15-12-9-6-3)58-52(55)46-43-40-37-34-30-23-20-17-14-11-8-5-2/h16,19,24-25,27-28,33,36,49H,4-15,17-18,20-23,26,29-32,34-35,37-48H2,1-3H3/b19-16-,25-24-,28-27-,36-33-/t49-/m1/s1. The lowest BCUT2D eigenvalue weighted by molar-refractivity contribution is -0.167. The Morgan fingerprint density at radius 2 is 0.638 bits per heavy atom. The van der Waals surface area contributed by atoms with Gasteiger partial charge < -0.3 is 14.2 Å². The summed E-state index contributed by atoms with van der Waals surface area (Å²) in [5, 5.41) is 0. The molecule has 336 valence electrons. The van der Waals surface area contributed by atoms with Crippen molar-refractivity contribution in [3.63, 3.8) is 0 Å². The molecule has 0 bridgehead atoms. The Balaban J connectivity index is 4.43. The lowest BCUT2D eigenvalue weighted by atomic mass is 10.0. The van der Waals surface area contributed by atoms with Crippen molar-refractivity contribution in [2.24, 2.45) is 0 Å². The molecule has 0 radical (unpaired) electrons. The molecule has 0 aromatic heterocycles. The van der Waals surface area contributed by atoms with E-state index in [0.717, 1.165) is 64.2 Å². The van der Waals surface area contributed by atoms with Gasteiger partial charge in [-0.05, 0) is 57.8 Å². The fraction of sp³-hybridized carbons (Fsp3) is 0.788. The first-order valence-corrected chi connectivity index (χ1v) is 24.6. The lowest BCUT2D eigenvalue weighted by Gasteiger charge is -2.18. The van der Waals surface area contributed by atoms with Gasteiger partial charge >= 0.3 is 17.9 Å². The molecule has 0 saturated carbocycles. The van der Waals surface area contributed by atoms with E-state index in [1.54, 1.807) is 0 Å². The maximum atomic E-state index is 12.7. The quantitative estimate of drug-likeness (QED) is 0.0264. The van der Waals surface area contributed by atoms with Crippen LogP contribution in [-0.4, -0.2) is 37.2 Å². The van der Waals surface area contributed by atoms with Gasteiger partial charge in [0.2, 0.25) is 0 Å². The molecule has 1 atom stereocenters. The second kappa shape index (κ2) is 47.1. The molecule has 0 saturated heterocycles. The van der Waals surface area contributed by atoms with Crippen LogP contribution in [0.4, 0.5) is 0 Å². The maximum Gasteiger partial charge on any atom is 0.306 e. The van der Waals surface area contributed by atoms with Gasteiger partial charge in [-0.25, -0.2) is 0 Å². The largest absolute Gasteiger partial charge is 0.462 e. The molecular weight excluding hydrogens is 721 g/mol. The van der Waals surface area contributed by atoms with E-state index >= 15 is 0 Å². The van der Waals surface area contributed by atoms with Crippen LogP contribution in [-0.2, 0) is 28.6 Å². The number of carbonyl (C=O) groups excluding carboxylic acids is 3. The summed E-state index contributed by atoms with van der Waals surface area (Å²) < 4.78 is 16.7. The summed E-state index contributed by atoms with van der Waals surface area (Å²) in [6.07, 6.45) is 55.2. The number of unbranched alkanes of at least 4 members (excludes halogenated alkanes) is 25. The third-order valence-corrected chi connectivity index (χ3v) is 10.6. The van der Waals surface area contributed by atoms with Gasteiger partial charge in [0.15, 0.2) is 6.10 Å². The van der Waals surface area contributed by atoms with Crippen molar-refractivity contribution in [1.82, 2.24) is 0 Å². The predicted molar refractivity (Wildman–Crippen MR) is 247 cm³/mol. The van der Waals surface area contributed by atoms with Crippen LogP contribution in [0.5, 0.6) is 0 Å². The summed E-state index contributed by atoms with van der Waals surface area (Å²) in [7, 11) is 0. The molecule has 6 heteroatoms. The topological polar surface area (TPSA) is 78.9 Å². The molecular formula is C52H92O6. The van der Waals surface area contributed by atoms with Crippen LogP contribution in [0.3, 0.4) is 0 Å². The average molecular weight is 813 g/mol. The van der Waals surface area contributed by atoms with E-state index in [-0.39, 0.29) is 37.5 Å². The minimum absolute atomic E-state index is 0.0868. The number of esters is 3. The fourth-order valence-corrected chi connectivity index (χ4v) is 6.85. The summed E-state index contributed by atoms with van der Waals surface area (Å²) in [5.41, 5.74) is 0. The van der Waals surface area contributed by atoms with Crippen molar-refractivity contribution < 1.29 is 28.6 Å². The zero-order chi connectivity index (χ0) is 42.3. The smallest absolute Gasteiger partial charge is 0.306 e. The Morgan fingerprint density at radius 1 is 0.345 bits per heavy atom. The van der Waals surface area contributed by atoms with Gasteiger partial charge in [0, 0.05) is 19.3 Å². The first-order valence-electron chi connectivity index (χ1n) is 24.6. The molecule has 6 nitrogen and oxygen atoms in total. The van der Waals surface area contributed by atoms with Crippen LogP contribution in [0.15, 0.2) is 48.6 Å². The van der Waals surface area contributed by atoms with E-state index in [1.807, 2.05) is 0 Å². The Labute approximate surface area is 358 Å². The molecule has 0 aromatic rings. The van der Waals surface area contributed by atoms with Crippen LogP contribution in [0.1, 0.15) is 245 Å². The van der Waals surface area contributed by atoms with Crippen molar-refractivity contribution in [3.8, 4) is 0 Å². The zero-order valence-electron chi connectivity index (χ0n) is 38.3. The number of ether oxygens (including phenoxy) is 3. The first-order chi connectivity index (χ1) is 28.5. The fourth-order valence-electron chi connectivity index (χ4n) is 6.85. The summed E-state index contributed by atoms with van der Waals surface area (Å²) in [5.74, 6) is -0.941. The van der Waals surface area contributed by atoms with Gasteiger partial charge in [-0.3, -0.25) is 14.4 Å². The van der Waals surface area contributed by atoms with E-state index in [4.69, 9.17) is 14.2 Å². The highest BCUT2D eigenvalue weighted by molar-refractivity contribution is 5.71. The van der Waals surface area contributed by atoms with E-state index < -0.39 is 6.10 Å². The number of rotatable bonds is 44. The molecule has 0 amide bonds. The number of carbonyl (C=O) groups is 3. The number of hydrogen-bond acceptors (Lipinski definition) is 6. The summed E-state index contributed by atoms with van der Waals surface area (Å²) >= 11 is 0. The summed E-state index contributed by atoms with van der Waals surface area (Å²) in [6.45, 7) is 6.56. The Hall–Kier alpha value is -2.63. The van der Waals surface area contributed by atoms with Crippen molar-refractivity contribution >= 4 is 17.9 Å². The van der Waals surface area contributed by atoms with Gasteiger partial charge in [0.05, 0.1) is 0 Å². The van der Waals surface area contributed by atoms with E-state index in [9.17, 15) is 14.4 Å². The highest BCUT2D eigenvalue weighted by Crippen LogP contribution is 2.15. The van der Waals surface area contributed by atoms with Gasteiger partial charge in [-0.1, -0.05) is 217 Å². The zero-order valence-corrected chi connectivity index (χ0v) is 38.3. The predicted octanol–water partition coefficient (Wildman–Crippen LogP) is 15.9. The van der Waals surface area contributed by atoms with E-state index in [2.05, 4.69) is 69.4 Å². The number of allylic oxidation sites excluding steroid dienone is 8. The highest BCUT2D eigenvalue weighted by Gasteiger charge is 2.19. The average Bonchev–Trinajstić information content (AvgIpc) is 3.22. The van der Waals surface area contributed by atoms with E-state index in [1.165, 1.54) is 135 Å².